The van der Waals surface area contributed by atoms with Gasteiger partial charge in [-0.15, -0.1) is 0 Å². The van der Waals surface area contributed by atoms with Gasteiger partial charge in [-0.05, 0) is 43.7 Å². The van der Waals surface area contributed by atoms with Crippen molar-refractivity contribution in [3.05, 3.63) is 42.1 Å². The first-order valence-corrected chi connectivity index (χ1v) is 6.79. The second kappa shape index (κ2) is 4.74. The minimum absolute atomic E-state index is 0.241. The third kappa shape index (κ3) is 2.26. The molecule has 1 aromatic carbocycles. The number of hydrogen-bond donors (Lipinski definition) is 1. The van der Waals surface area contributed by atoms with Gasteiger partial charge in [-0.3, -0.25) is 9.78 Å². The number of piperidine rings is 1. The zero-order chi connectivity index (χ0) is 13.3. The van der Waals surface area contributed by atoms with Gasteiger partial charge in [0, 0.05) is 29.1 Å². The summed E-state index contributed by atoms with van der Waals surface area (Å²) in [6, 6.07) is 9.70. The maximum absolute atomic E-state index is 12.7. The van der Waals surface area contributed by atoms with E-state index in [2.05, 4.69) is 17.2 Å². The van der Waals surface area contributed by atoms with Gasteiger partial charge < -0.3 is 5.32 Å². The number of Topliss-reactive ketones (excluding diaryl/α,β-unsaturated/α-hetero) is 1. The first-order chi connectivity index (χ1) is 9.19. The Morgan fingerprint density at radius 2 is 2.26 bits per heavy atom. The van der Waals surface area contributed by atoms with Crippen molar-refractivity contribution in [1.29, 1.82) is 0 Å². The van der Waals surface area contributed by atoms with E-state index < -0.39 is 0 Å². The van der Waals surface area contributed by atoms with Gasteiger partial charge in [-0.2, -0.15) is 0 Å². The fourth-order valence-electron chi connectivity index (χ4n) is 2.82. The average molecular weight is 254 g/mol. The minimum atomic E-state index is -0.270. The Balaban J connectivity index is 1.97. The van der Waals surface area contributed by atoms with Crippen LogP contribution in [0.1, 0.15) is 30.1 Å². The van der Waals surface area contributed by atoms with Crippen molar-refractivity contribution in [1.82, 2.24) is 10.3 Å². The summed E-state index contributed by atoms with van der Waals surface area (Å²) in [6.07, 6.45) is 3.80. The van der Waals surface area contributed by atoms with Crippen LogP contribution in [0.15, 0.2) is 36.5 Å². The summed E-state index contributed by atoms with van der Waals surface area (Å²) in [5.74, 6) is 0.241. The van der Waals surface area contributed by atoms with Crippen LogP contribution in [-0.2, 0) is 0 Å². The molecule has 3 rings (SSSR count). The molecule has 1 unspecified atom stereocenters. The first-order valence-electron chi connectivity index (χ1n) is 6.79. The van der Waals surface area contributed by atoms with Crippen LogP contribution in [0.4, 0.5) is 0 Å². The lowest BCUT2D eigenvalue weighted by atomic mass is 9.76. The fourth-order valence-corrected chi connectivity index (χ4v) is 2.82. The number of pyridine rings is 1. The lowest BCUT2D eigenvalue weighted by Crippen LogP contribution is -2.43. The van der Waals surface area contributed by atoms with Crippen LogP contribution in [0.5, 0.6) is 0 Å². The molecule has 1 atom stereocenters. The normalized spacial score (nSPS) is 23.4. The lowest BCUT2D eigenvalue weighted by Gasteiger charge is -2.32. The van der Waals surface area contributed by atoms with E-state index in [1.807, 2.05) is 30.3 Å². The van der Waals surface area contributed by atoms with Crippen molar-refractivity contribution in [3.63, 3.8) is 0 Å². The standard InChI is InChI=1S/C16H18N2O/c1-16(7-3-8-17-11-16)15(19)13-5-6-14-12(10-13)4-2-9-18-14/h2,4-6,9-10,17H,3,7-8,11H2,1H3. The summed E-state index contributed by atoms with van der Waals surface area (Å²) in [5.41, 5.74) is 1.46. The van der Waals surface area contributed by atoms with Gasteiger partial charge in [-0.25, -0.2) is 0 Å². The van der Waals surface area contributed by atoms with E-state index in [0.717, 1.165) is 42.4 Å². The van der Waals surface area contributed by atoms with Crippen molar-refractivity contribution < 1.29 is 4.79 Å². The highest BCUT2D eigenvalue weighted by molar-refractivity contribution is 6.03. The topological polar surface area (TPSA) is 42.0 Å². The monoisotopic (exact) mass is 254 g/mol. The molecule has 0 spiro atoms. The number of aromatic nitrogens is 1. The average Bonchev–Trinajstić information content (AvgIpc) is 2.47. The number of carbonyl (C=O) groups is 1. The van der Waals surface area contributed by atoms with Crippen molar-refractivity contribution in [3.8, 4) is 0 Å². The molecule has 1 fully saturated rings. The number of hydrogen-bond acceptors (Lipinski definition) is 3. The molecule has 0 radical (unpaired) electrons. The van der Waals surface area contributed by atoms with E-state index in [4.69, 9.17) is 0 Å². The summed E-state index contributed by atoms with van der Waals surface area (Å²) < 4.78 is 0. The van der Waals surface area contributed by atoms with Gasteiger partial charge in [0.1, 0.15) is 0 Å². The molecule has 0 saturated carbocycles. The molecule has 3 heteroatoms. The van der Waals surface area contributed by atoms with Gasteiger partial charge >= 0.3 is 0 Å². The summed E-state index contributed by atoms with van der Waals surface area (Å²) >= 11 is 0. The van der Waals surface area contributed by atoms with Crippen LogP contribution in [-0.4, -0.2) is 23.9 Å². The largest absolute Gasteiger partial charge is 0.316 e. The van der Waals surface area contributed by atoms with Crippen molar-refractivity contribution in [2.45, 2.75) is 19.8 Å². The van der Waals surface area contributed by atoms with Gasteiger partial charge in [-0.1, -0.05) is 13.0 Å². The Bertz CT molecular complexity index is 615. The molecule has 1 aromatic heterocycles. The summed E-state index contributed by atoms with van der Waals surface area (Å²) in [5, 5.41) is 4.36. The first kappa shape index (κ1) is 12.3. The van der Waals surface area contributed by atoms with E-state index in [1.54, 1.807) is 6.20 Å². The smallest absolute Gasteiger partial charge is 0.170 e. The Hall–Kier alpha value is -1.74. The predicted molar refractivity (Wildman–Crippen MR) is 76.3 cm³/mol. The number of nitrogens with zero attached hydrogens (tertiary/aromatic N) is 1. The highest BCUT2D eigenvalue weighted by Crippen LogP contribution is 2.30. The van der Waals surface area contributed by atoms with E-state index in [1.165, 1.54) is 0 Å². The summed E-state index contributed by atoms with van der Waals surface area (Å²) in [4.78, 5) is 17.0. The quantitative estimate of drug-likeness (QED) is 0.838. The van der Waals surface area contributed by atoms with Gasteiger partial charge in [0.25, 0.3) is 0 Å². The number of benzene rings is 1. The molecule has 2 aromatic rings. The van der Waals surface area contributed by atoms with Crippen molar-refractivity contribution in [2.75, 3.05) is 13.1 Å². The van der Waals surface area contributed by atoms with Crippen LogP contribution < -0.4 is 5.32 Å². The van der Waals surface area contributed by atoms with E-state index in [0.29, 0.717) is 0 Å². The van der Waals surface area contributed by atoms with Crippen LogP contribution in [0.3, 0.4) is 0 Å². The molecule has 0 aliphatic carbocycles. The predicted octanol–water partition coefficient (Wildman–Crippen LogP) is 2.81. The SMILES string of the molecule is CC1(C(=O)c2ccc3ncccc3c2)CCCNC1. The zero-order valence-electron chi connectivity index (χ0n) is 11.1. The molecule has 0 bridgehead atoms. The highest BCUT2D eigenvalue weighted by Gasteiger charge is 2.35. The van der Waals surface area contributed by atoms with Crippen LogP contribution in [0.25, 0.3) is 10.9 Å². The van der Waals surface area contributed by atoms with Crippen molar-refractivity contribution >= 4 is 16.7 Å². The van der Waals surface area contributed by atoms with Crippen LogP contribution >= 0.6 is 0 Å². The second-order valence-corrected chi connectivity index (χ2v) is 5.58. The molecular formula is C16H18N2O. The zero-order valence-corrected chi connectivity index (χ0v) is 11.1. The Morgan fingerprint density at radius 3 is 3.05 bits per heavy atom. The molecule has 3 nitrogen and oxygen atoms in total. The number of ketones is 1. The Kier molecular flexibility index (Phi) is 3.07. The van der Waals surface area contributed by atoms with Gasteiger partial charge in [0.05, 0.1) is 5.52 Å². The molecule has 1 N–H and O–H groups in total. The molecule has 19 heavy (non-hydrogen) atoms. The number of nitrogens with one attached hydrogen (secondary N) is 1. The molecule has 1 aliphatic rings. The Morgan fingerprint density at radius 1 is 1.37 bits per heavy atom. The molecule has 0 amide bonds. The molecule has 2 heterocycles. The van der Waals surface area contributed by atoms with E-state index in [-0.39, 0.29) is 11.2 Å². The third-order valence-electron chi connectivity index (χ3n) is 4.01. The number of fused-ring (bicyclic) bond motifs is 1. The highest BCUT2D eigenvalue weighted by atomic mass is 16.1. The summed E-state index contributed by atoms with van der Waals surface area (Å²) in [6.45, 7) is 3.86. The van der Waals surface area contributed by atoms with Crippen LogP contribution in [0.2, 0.25) is 0 Å². The molecule has 1 saturated heterocycles. The second-order valence-electron chi connectivity index (χ2n) is 5.58. The lowest BCUT2D eigenvalue weighted by molar-refractivity contribution is 0.0773. The number of carbonyl (C=O) groups excluding carboxylic acids is 1. The third-order valence-corrected chi connectivity index (χ3v) is 4.01. The minimum Gasteiger partial charge on any atom is -0.316 e. The van der Waals surface area contributed by atoms with Crippen LogP contribution in [0, 0.1) is 5.41 Å². The summed E-state index contributed by atoms with van der Waals surface area (Å²) in [7, 11) is 0. The maximum Gasteiger partial charge on any atom is 0.170 e. The van der Waals surface area contributed by atoms with Gasteiger partial charge in [0.2, 0.25) is 0 Å². The van der Waals surface area contributed by atoms with Crippen molar-refractivity contribution in [2.24, 2.45) is 5.41 Å². The fraction of sp³-hybridized carbons (Fsp3) is 0.375. The Labute approximate surface area is 113 Å². The molecule has 98 valence electrons. The van der Waals surface area contributed by atoms with E-state index >= 15 is 0 Å². The van der Waals surface area contributed by atoms with E-state index in [9.17, 15) is 4.79 Å². The maximum atomic E-state index is 12.7. The van der Waals surface area contributed by atoms with Gasteiger partial charge in [0.15, 0.2) is 5.78 Å². The number of rotatable bonds is 2. The molecular weight excluding hydrogens is 236 g/mol. The molecule has 1 aliphatic heterocycles.